The van der Waals surface area contributed by atoms with Crippen molar-refractivity contribution in [1.82, 2.24) is 15.5 Å². The summed E-state index contributed by atoms with van der Waals surface area (Å²) < 4.78 is 6.65. The molecule has 0 aliphatic heterocycles. The summed E-state index contributed by atoms with van der Waals surface area (Å²) in [4.78, 5) is 0. The number of benzene rings is 1. The van der Waals surface area contributed by atoms with Gasteiger partial charge in [0.25, 0.3) is 0 Å². The third-order valence-electron chi connectivity index (χ3n) is 2.27. The Balaban J connectivity index is 1.91. The van der Waals surface area contributed by atoms with Crippen molar-refractivity contribution in [1.29, 1.82) is 0 Å². The predicted octanol–water partition coefficient (Wildman–Crippen LogP) is 2.92. The fraction of sp³-hybridized carbons (Fsp3) is 0.333. The first kappa shape index (κ1) is 13.3. The van der Waals surface area contributed by atoms with Crippen molar-refractivity contribution in [3.63, 3.8) is 0 Å². The summed E-state index contributed by atoms with van der Waals surface area (Å²) in [5, 5.41) is 14.2. The fourth-order valence-corrected chi connectivity index (χ4v) is 1.76. The van der Waals surface area contributed by atoms with E-state index >= 15 is 0 Å². The summed E-state index contributed by atoms with van der Waals surface area (Å²) in [7, 11) is 0. The van der Waals surface area contributed by atoms with Crippen LogP contribution in [0.25, 0.3) is 0 Å². The lowest BCUT2D eigenvalue weighted by Gasteiger charge is -2.00. The summed E-state index contributed by atoms with van der Waals surface area (Å²) in [5.41, 5.74) is 0.937. The van der Waals surface area contributed by atoms with Crippen LogP contribution in [-0.4, -0.2) is 16.7 Å². The van der Waals surface area contributed by atoms with E-state index in [9.17, 15) is 0 Å². The maximum atomic E-state index is 5.47. The molecule has 0 aliphatic rings. The van der Waals surface area contributed by atoms with Gasteiger partial charge < -0.3 is 15.1 Å². The monoisotopic (exact) mass is 358 g/mol. The molecule has 1 aromatic carbocycles. The molecular formula is C12H15IN4O. The van der Waals surface area contributed by atoms with Crippen LogP contribution in [0.5, 0.6) is 0 Å². The standard InChI is InChI=1S/C12H15IN4O/c1-2-7-14-8-11-16-17-12(18-11)15-10-5-3-9(13)4-6-10/h3-6,14H,2,7-8H2,1H3,(H,15,17). The van der Waals surface area contributed by atoms with E-state index in [-0.39, 0.29) is 0 Å². The molecule has 1 heterocycles. The van der Waals surface area contributed by atoms with E-state index in [4.69, 9.17) is 4.42 Å². The zero-order valence-electron chi connectivity index (χ0n) is 10.1. The van der Waals surface area contributed by atoms with Crippen LogP contribution >= 0.6 is 22.6 Å². The Hall–Kier alpha value is -1.15. The zero-order chi connectivity index (χ0) is 12.8. The Morgan fingerprint density at radius 1 is 1.22 bits per heavy atom. The number of nitrogens with zero attached hydrogens (tertiary/aromatic N) is 2. The van der Waals surface area contributed by atoms with Crippen molar-refractivity contribution in [2.24, 2.45) is 0 Å². The number of aromatic nitrogens is 2. The quantitative estimate of drug-likeness (QED) is 0.614. The minimum absolute atomic E-state index is 0.421. The Morgan fingerprint density at radius 3 is 2.72 bits per heavy atom. The van der Waals surface area contributed by atoms with Gasteiger partial charge in [0.15, 0.2) is 0 Å². The van der Waals surface area contributed by atoms with Gasteiger partial charge in [0.2, 0.25) is 5.89 Å². The van der Waals surface area contributed by atoms with Gasteiger partial charge in [-0.2, -0.15) is 0 Å². The molecule has 96 valence electrons. The van der Waals surface area contributed by atoms with E-state index in [2.05, 4.69) is 50.3 Å². The topological polar surface area (TPSA) is 63.0 Å². The Morgan fingerprint density at radius 2 is 2.00 bits per heavy atom. The largest absolute Gasteiger partial charge is 0.406 e. The third-order valence-corrected chi connectivity index (χ3v) is 2.98. The number of anilines is 2. The van der Waals surface area contributed by atoms with Crippen LogP contribution in [0.15, 0.2) is 28.7 Å². The molecule has 0 aliphatic carbocycles. The second kappa shape index (κ2) is 6.69. The maximum absolute atomic E-state index is 5.47. The first-order chi connectivity index (χ1) is 8.78. The first-order valence-corrected chi connectivity index (χ1v) is 6.91. The Bertz CT molecular complexity index is 483. The molecular weight excluding hydrogens is 343 g/mol. The molecule has 2 aromatic rings. The molecule has 1 aromatic heterocycles. The molecule has 0 saturated carbocycles. The zero-order valence-corrected chi connectivity index (χ0v) is 12.3. The molecule has 0 bridgehead atoms. The summed E-state index contributed by atoms with van der Waals surface area (Å²) in [6.45, 7) is 3.67. The molecule has 0 spiro atoms. The minimum atomic E-state index is 0.421. The van der Waals surface area contributed by atoms with Gasteiger partial charge in [-0.3, -0.25) is 0 Å². The van der Waals surface area contributed by atoms with Crippen molar-refractivity contribution < 1.29 is 4.42 Å². The van der Waals surface area contributed by atoms with Crippen LogP contribution < -0.4 is 10.6 Å². The van der Waals surface area contributed by atoms with Crippen LogP contribution in [0.4, 0.5) is 11.7 Å². The van der Waals surface area contributed by atoms with Crippen LogP contribution in [0.1, 0.15) is 19.2 Å². The van der Waals surface area contributed by atoms with E-state index in [1.54, 1.807) is 0 Å². The minimum Gasteiger partial charge on any atom is -0.406 e. The van der Waals surface area contributed by atoms with Gasteiger partial charge >= 0.3 is 6.01 Å². The highest BCUT2D eigenvalue weighted by atomic mass is 127. The van der Waals surface area contributed by atoms with Gasteiger partial charge in [-0.1, -0.05) is 12.0 Å². The summed E-state index contributed by atoms with van der Waals surface area (Å²) in [6, 6.07) is 8.40. The van der Waals surface area contributed by atoms with E-state index in [1.807, 2.05) is 24.3 Å². The van der Waals surface area contributed by atoms with E-state index < -0.39 is 0 Å². The predicted molar refractivity (Wildman–Crippen MR) is 78.7 cm³/mol. The molecule has 5 nitrogen and oxygen atoms in total. The SMILES string of the molecule is CCCNCc1nnc(Nc2ccc(I)cc2)o1. The smallest absolute Gasteiger partial charge is 0.320 e. The number of hydrogen-bond acceptors (Lipinski definition) is 5. The van der Waals surface area contributed by atoms with E-state index in [0.717, 1.165) is 18.7 Å². The highest BCUT2D eigenvalue weighted by Gasteiger charge is 2.05. The molecule has 0 saturated heterocycles. The molecule has 0 radical (unpaired) electrons. The number of hydrogen-bond donors (Lipinski definition) is 2. The molecule has 2 N–H and O–H groups in total. The van der Waals surface area contributed by atoms with Crippen LogP contribution in [0, 0.1) is 3.57 Å². The van der Waals surface area contributed by atoms with E-state index in [0.29, 0.717) is 18.5 Å². The number of halogens is 1. The first-order valence-electron chi connectivity index (χ1n) is 5.83. The van der Waals surface area contributed by atoms with Crippen molar-refractivity contribution in [3.05, 3.63) is 33.7 Å². The Labute approximate surface area is 120 Å². The van der Waals surface area contributed by atoms with Crippen molar-refractivity contribution in [2.75, 3.05) is 11.9 Å². The molecule has 0 unspecified atom stereocenters. The number of nitrogens with one attached hydrogen (secondary N) is 2. The lowest BCUT2D eigenvalue weighted by molar-refractivity contribution is 0.479. The molecule has 0 fully saturated rings. The van der Waals surface area contributed by atoms with Crippen LogP contribution in [0.2, 0.25) is 0 Å². The van der Waals surface area contributed by atoms with E-state index in [1.165, 1.54) is 3.57 Å². The summed E-state index contributed by atoms with van der Waals surface area (Å²) in [6.07, 6.45) is 1.09. The molecule has 18 heavy (non-hydrogen) atoms. The molecule has 0 amide bonds. The van der Waals surface area contributed by atoms with Crippen molar-refractivity contribution >= 4 is 34.3 Å². The van der Waals surface area contributed by atoms with Crippen LogP contribution in [0.3, 0.4) is 0 Å². The lowest BCUT2D eigenvalue weighted by Crippen LogP contribution is -2.13. The molecule has 0 atom stereocenters. The second-order valence-corrected chi connectivity index (χ2v) is 5.06. The average Bonchev–Trinajstić information content (AvgIpc) is 2.80. The Kier molecular flexibility index (Phi) is 4.94. The summed E-state index contributed by atoms with van der Waals surface area (Å²) >= 11 is 2.26. The van der Waals surface area contributed by atoms with Gasteiger partial charge in [-0.25, -0.2) is 0 Å². The van der Waals surface area contributed by atoms with Crippen molar-refractivity contribution in [2.45, 2.75) is 19.9 Å². The van der Waals surface area contributed by atoms with Gasteiger partial charge in [0.1, 0.15) is 0 Å². The maximum Gasteiger partial charge on any atom is 0.320 e. The normalized spacial score (nSPS) is 10.6. The fourth-order valence-electron chi connectivity index (χ4n) is 1.40. The second-order valence-electron chi connectivity index (χ2n) is 3.81. The molecule has 6 heteroatoms. The average molecular weight is 358 g/mol. The van der Waals surface area contributed by atoms with Gasteiger partial charge in [0.05, 0.1) is 6.54 Å². The lowest BCUT2D eigenvalue weighted by atomic mass is 10.3. The van der Waals surface area contributed by atoms with Gasteiger partial charge in [-0.05, 0) is 59.8 Å². The number of rotatable bonds is 6. The van der Waals surface area contributed by atoms with Gasteiger partial charge in [0, 0.05) is 9.26 Å². The molecule has 2 rings (SSSR count). The van der Waals surface area contributed by atoms with Crippen LogP contribution in [-0.2, 0) is 6.54 Å². The third kappa shape index (κ3) is 3.95. The van der Waals surface area contributed by atoms with Crippen molar-refractivity contribution in [3.8, 4) is 0 Å². The summed E-state index contributed by atoms with van der Waals surface area (Å²) in [5.74, 6) is 0.594. The van der Waals surface area contributed by atoms with Gasteiger partial charge in [-0.15, -0.1) is 5.10 Å². The highest BCUT2D eigenvalue weighted by molar-refractivity contribution is 14.1. The highest BCUT2D eigenvalue weighted by Crippen LogP contribution is 2.16.